The fourth-order valence-corrected chi connectivity index (χ4v) is 3.38. The second-order valence-electron chi connectivity index (χ2n) is 7.87. The van der Waals surface area contributed by atoms with Gasteiger partial charge >= 0.3 is 6.09 Å². The molecular weight excluding hydrogens is 307 g/mol. The van der Waals surface area contributed by atoms with E-state index in [9.17, 15) is 9.18 Å². The van der Waals surface area contributed by atoms with Crippen molar-refractivity contribution in [3.05, 3.63) is 35.6 Å². The predicted octanol–water partition coefficient (Wildman–Crippen LogP) is 3.69. The van der Waals surface area contributed by atoms with Gasteiger partial charge in [-0.2, -0.15) is 0 Å². The van der Waals surface area contributed by atoms with Crippen molar-refractivity contribution in [2.45, 2.75) is 51.6 Å². The number of benzene rings is 1. The van der Waals surface area contributed by atoms with Crippen LogP contribution >= 0.6 is 0 Å². The summed E-state index contributed by atoms with van der Waals surface area (Å²) in [7, 11) is 0. The number of carbonyl (C=O) groups is 1. The minimum atomic E-state index is -0.478. The average molecular weight is 336 g/mol. The van der Waals surface area contributed by atoms with Crippen LogP contribution in [-0.4, -0.2) is 36.2 Å². The molecule has 0 radical (unpaired) electrons. The molecule has 2 N–H and O–H groups in total. The van der Waals surface area contributed by atoms with Crippen LogP contribution in [0.15, 0.2) is 24.3 Å². The SMILES string of the molecule is CC(C)(C)OC(=O)N1CCC(C(C)(CN)c2ccc(F)cc2)CC1. The molecule has 1 aromatic rings. The fourth-order valence-electron chi connectivity index (χ4n) is 3.38. The number of likely N-dealkylation sites (tertiary alicyclic amines) is 1. The van der Waals surface area contributed by atoms with Gasteiger partial charge in [0.15, 0.2) is 0 Å². The molecule has 0 aromatic heterocycles. The van der Waals surface area contributed by atoms with Gasteiger partial charge in [0.05, 0.1) is 0 Å². The first kappa shape index (κ1) is 18.7. The van der Waals surface area contributed by atoms with Crippen molar-refractivity contribution in [3.63, 3.8) is 0 Å². The lowest BCUT2D eigenvalue weighted by Crippen LogP contribution is -2.48. The molecule has 1 amide bonds. The number of ether oxygens (including phenoxy) is 1. The molecular formula is C19H29FN2O2. The summed E-state index contributed by atoms with van der Waals surface area (Å²) in [5.74, 6) is 0.115. The molecule has 0 bridgehead atoms. The molecule has 1 aliphatic heterocycles. The predicted molar refractivity (Wildman–Crippen MR) is 93.3 cm³/mol. The number of amides is 1. The summed E-state index contributed by atoms with van der Waals surface area (Å²) in [6.07, 6.45) is 1.48. The van der Waals surface area contributed by atoms with Crippen LogP contribution in [0, 0.1) is 11.7 Å². The number of piperidine rings is 1. The average Bonchev–Trinajstić information content (AvgIpc) is 2.53. The highest BCUT2D eigenvalue weighted by molar-refractivity contribution is 5.68. The van der Waals surface area contributed by atoms with Gasteiger partial charge in [-0.25, -0.2) is 9.18 Å². The monoisotopic (exact) mass is 336 g/mol. The van der Waals surface area contributed by atoms with E-state index in [1.807, 2.05) is 32.9 Å². The van der Waals surface area contributed by atoms with Crippen LogP contribution < -0.4 is 5.73 Å². The number of carbonyl (C=O) groups excluding carboxylic acids is 1. The molecule has 0 aliphatic carbocycles. The van der Waals surface area contributed by atoms with Gasteiger partial charge in [0.25, 0.3) is 0 Å². The summed E-state index contributed by atoms with van der Waals surface area (Å²) in [6.45, 7) is 9.57. The summed E-state index contributed by atoms with van der Waals surface area (Å²) in [5.41, 5.74) is 6.45. The maximum atomic E-state index is 13.2. The molecule has 1 saturated heterocycles. The molecule has 1 aromatic carbocycles. The minimum absolute atomic E-state index is 0.215. The molecule has 1 unspecified atom stereocenters. The van der Waals surface area contributed by atoms with E-state index < -0.39 is 5.60 Å². The molecule has 2 rings (SSSR count). The summed E-state index contributed by atoms with van der Waals surface area (Å²) in [4.78, 5) is 14.0. The van der Waals surface area contributed by atoms with Gasteiger partial charge in [-0.3, -0.25) is 0 Å². The van der Waals surface area contributed by atoms with Crippen LogP contribution in [0.3, 0.4) is 0 Å². The number of halogens is 1. The second kappa shape index (κ2) is 7.09. The van der Waals surface area contributed by atoms with E-state index in [1.165, 1.54) is 12.1 Å². The number of rotatable bonds is 3. The van der Waals surface area contributed by atoms with Crippen LogP contribution in [0.1, 0.15) is 46.1 Å². The normalized spacial score (nSPS) is 19.0. The van der Waals surface area contributed by atoms with E-state index in [-0.39, 0.29) is 17.3 Å². The molecule has 24 heavy (non-hydrogen) atoms. The summed E-state index contributed by atoms with van der Waals surface area (Å²) < 4.78 is 18.6. The third kappa shape index (κ3) is 4.26. The third-order valence-corrected chi connectivity index (χ3v) is 4.98. The van der Waals surface area contributed by atoms with Gasteiger partial charge in [0.1, 0.15) is 11.4 Å². The summed E-state index contributed by atoms with van der Waals surface area (Å²) >= 11 is 0. The zero-order valence-electron chi connectivity index (χ0n) is 15.1. The molecule has 1 fully saturated rings. The Morgan fingerprint density at radius 1 is 1.21 bits per heavy atom. The van der Waals surface area contributed by atoms with Crippen LogP contribution in [0.2, 0.25) is 0 Å². The molecule has 1 aliphatic rings. The highest BCUT2D eigenvalue weighted by atomic mass is 19.1. The smallest absolute Gasteiger partial charge is 0.410 e. The van der Waals surface area contributed by atoms with Crippen LogP contribution in [0.5, 0.6) is 0 Å². The first-order chi connectivity index (χ1) is 11.2. The van der Waals surface area contributed by atoms with Crippen LogP contribution in [-0.2, 0) is 10.2 Å². The maximum absolute atomic E-state index is 13.2. The van der Waals surface area contributed by atoms with Crippen LogP contribution in [0.25, 0.3) is 0 Å². The van der Waals surface area contributed by atoms with Crippen molar-refractivity contribution in [3.8, 4) is 0 Å². The van der Waals surface area contributed by atoms with Gasteiger partial charge in [-0.1, -0.05) is 19.1 Å². The van der Waals surface area contributed by atoms with Crippen molar-refractivity contribution in [2.24, 2.45) is 11.7 Å². The van der Waals surface area contributed by atoms with Crippen molar-refractivity contribution in [2.75, 3.05) is 19.6 Å². The quantitative estimate of drug-likeness (QED) is 0.916. The number of hydrogen-bond donors (Lipinski definition) is 1. The molecule has 1 atom stereocenters. The van der Waals surface area contributed by atoms with Gasteiger partial charge in [-0.15, -0.1) is 0 Å². The molecule has 0 spiro atoms. The van der Waals surface area contributed by atoms with E-state index in [0.717, 1.165) is 18.4 Å². The molecule has 5 heteroatoms. The van der Waals surface area contributed by atoms with E-state index in [0.29, 0.717) is 25.6 Å². The lowest BCUT2D eigenvalue weighted by atomic mass is 9.68. The van der Waals surface area contributed by atoms with Gasteiger partial charge in [0, 0.05) is 25.0 Å². The fraction of sp³-hybridized carbons (Fsp3) is 0.632. The largest absolute Gasteiger partial charge is 0.444 e. The van der Waals surface area contributed by atoms with Gasteiger partial charge in [-0.05, 0) is 57.2 Å². The number of nitrogens with two attached hydrogens (primary N) is 1. The Labute approximate surface area is 144 Å². The zero-order chi connectivity index (χ0) is 18.0. The van der Waals surface area contributed by atoms with Crippen molar-refractivity contribution in [1.29, 1.82) is 0 Å². The highest BCUT2D eigenvalue weighted by Crippen LogP contribution is 2.38. The number of nitrogens with zero attached hydrogens (tertiary/aromatic N) is 1. The number of hydrogen-bond acceptors (Lipinski definition) is 3. The van der Waals surface area contributed by atoms with E-state index in [2.05, 4.69) is 6.92 Å². The van der Waals surface area contributed by atoms with Gasteiger partial charge < -0.3 is 15.4 Å². The maximum Gasteiger partial charge on any atom is 0.410 e. The molecule has 134 valence electrons. The van der Waals surface area contributed by atoms with Crippen LogP contribution in [0.4, 0.5) is 9.18 Å². The Morgan fingerprint density at radius 2 is 1.75 bits per heavy atom. The lowest BCUT2D eigenvalue weighted by Gasteiger charge is -2.42. The first-order valence-corrected chi connectivity index (χ1v) is 8.60. The zero-order valence-corrected chi connectivity index (χ0v) is 15.1. The molecule has 4 nitrogen and oxygen atoms in total. The van der Waals surface area contributed by atoms with E-state index in [4.69, 9.17) is 10.5 Å². The Bertz CT molecular complexity index is 560. The highest BCUT2D eigenvalue weighted by Gasteiger charge is 2.38. The standard InChI is InChI=1S/C19H29FN2O2/c1-18(2,3)24-17(23)22-11-9-15(10-12-22)19(4,13-21)14-5-7-16(20)8-6-14/h5-8,15H,9-13,21H2,1-4H3. The van der Waals surface area contributed by atoms with Crippen molar-refractivity contribution in [1.82, 2.24) is 4.90 Å². The lowest BCUT2D eigenvalue weighted by molar-refractivity contribution is 0.0151. The minimum Gasteiger partial charge on any atom is -0.444 e. The van der Waals surface area contributed by atoms with Gasteiger partial charge in [0.2, 0.25) is 0 Å². The first-order valence-electron chi connectivity index (χ1n) is 8.60. The molecule has 1 heterocycles. The van der Waals surface area contributed by atoms with E-state index >= 15 is 0 Å². The van der Waals surface area contributed by atoms with Crippen molar-refractivity contribution >= 4 is 6.09 Å². The summed E-state index contributed by atoms with van der Waals surface area (Å²) in [6, 6.07) is 6.61. The third-order valence-electron chi connectivity index (χ3n) is 4.98. The van der Waals surface area contributed by atoms with E-state index in [1.54, 1.807) is 4.90 Å². The summed E-state index contributed by atoms with van der Waals surface area (Å²) in [5, 5.41) is 0. The Kier molecular flexibility index (Phi) is 5.53. The Hall–Kier alpha value is -1.62. The molecule has 0 saturated carbocycles. The Morgan fingerprint density at radius 3 is 2.21 bits per heavy atom. The second-order valence-corrected chi connectivity index (χ2v) is 7.87. The topological polar surface area (TPSA) is 55.6 Å². The Balaban J connectivity index is 2.04. The van der Waals surface area contributed by atoms with Crippen molar-refractivity contribution < 1.29 is 13.9 Å².